The van der Waals surface area contributed by atoms with E-state index in [2.05, 4.69) is 5.10 Å². The molecule has 212 valence electrons. The zero-order chi connectivity index (χ0) is 28.9. The van der Waals surface area contributed by atoms with Gasteiger partial charge < -0.3 is 10.0 Å². The average molecular weight is 592 g/mol. The van der Waals surface area contributed by atoms with Gasteiger partial charge in [0.05, 0.1) is 51.9 Å². The third kappa shape index (κ3) is 6.09. The Morgan fingerprint density at radius 2 is 1.69 bits per heavy atom. The molecular weight excluding hydrogens is 565 g/mol. The molecule has 0 atom stereocenters. The van der Waals surface area contributed by atoms with Crippen molar-refractivity contribution in [1.82, 2.24) is 14.7 Å². The second-order valence-electron chi connectivity index (χ2n) is 10.8. The lowest BCUT2D eigenvalue weighted by Crippen LogP contribution is -2.41. The largest absolute Gasteiger partial charge is 0.481 e. The summed E-state index contributed by atoms with van der Waals surface area (Å²) in [5, 5.41) is 13.3. The summed E-state index contributed by atoms with van der Waals surface area (Å²) in [5.74, 6) is -2.97. The highest BCUT2D eigenvalue weighted by molar-refractivity contribution is 6.40. The molecule has 1 N–H and O–H groups in total. The quantitative estimate of drug-likeness (QED) is 0.277. The third-order valence-corrected chi connectivity index (χ3v) is 8.17. The van der Waals surface area contributed by atoms with Crippen molar-refractivity contribution in [2.75, 3.05) is 13.1 Å². The molecule has 0 bridgehead atoms. The summed E-state index contributed by atoms with van der Waals surface area (Å²) in [6.45, 7) is 1.92. The van der Waals surface area contributed by atoms with E-state index in [0.717, 1.165) is 11.1 Å². The number of hydrogen-bond acceptors (Lipinski definition) is 4. The topological polar surface area (TPSA) is 92.5 Å². The summed E-state index contributed by atoms with van der Waals surface area (Å²) in [7, 11) is 0. The predicted molar refractivity (Wildman–Crippen MR) is 135 cm³/mol. The van der Waals surface area contributed by atoms with Crippen LogP contribution in [0.1, 0.15) is 83.5 Å². The molecule has 0 spiro atoms. The standard InChI is InChI=1S/C26H27Cl2F4N3O4/c1-14-9-17(27)20(18(28)10-14)19(36)12-34(13-25(29)7-8-25)22(37)16-11-33-35(21(16)26(30,31)32)15-3-5-24(2,6-4-15)23(38)39/h9-11,15H,3-8,12-13H2,1-2H3,(H,38,39). The third-order valence-electron chi connectivity index (χ3n) is 7.57. The molecule has 2 saturated carbocycles. The Labute approximate surface area is 232 Å². The lowest BCUT2D eigenvalue weighted by molar-refractivity contribution is -0.152. The van der Waals surface area contributed by atoms with Crippen molar-refractivity contribution >= 4 is 40.9 Å². The minimum Gasteiger partial charge on any atom is -0.481 e. The monoisotopic (exact) mass is 591 g/mol. The Hall–Kier alpha value is -2.66. The number of aryl methyl sites for hydroxylation is 1. The molecule has 2 aromatic rings. The van der Waals surface area contributed by atoms with E-state index in [1.165, 1.54) is 12.1 Å². The van der Waals surface area contributed by atoms with Gasteiger partial charge in [-0.25, -0.2) is 4.39 Å². The van der Waals surface area contributed by atoms with Crippen LogP contribution in [0.3, 0.4) is 0 Å². The molecule has 2 aliphatic rings. The number of benzene rings is 1. The minimum atomic E-state index is -5.00. The van der Waals surface area contributed by atoms with Gasteiger partial charge in [0.2, 0.25) is 0 Å². The first-order valence-electron chi connectivity index (χ1n) is 12.4. The molecule has 0 unspecified atom stereocenters. The Kier molecular flexibility index (Phi) is 7.81. The first kappa shape index (κ1) is 29.3. The van der Waals surface area contributed by atoms with Gasteiger partial charge in [-0.1, -0.05) is 23.2 Å². The Morgan fingerprint density at radius 1 is 1.13 bits per heavy atom. The van der Waals surface area contributed by atoms with Gasteiger partial charge in [0.15, 0.2) is 11.5 Å². The normalized spacial score (nSPS) is 22.4. The molecule has 7 nitrogen and oxygen atoms in total. The van der Waals surface area contributed by atoms with E-state index in [-0.39, 0.29) is 54.1 Å². The van der Waals surface area contributed by atoms with Crippen molar-refractivity contribution in [3.63, 3.8) is 0 Å². The maximum Gasteiger partial charge on any atom is 0.433 e. The molecule has 2 fully saturated rings. The van der Waals surface area contributed by atoms with Crippen LogP contribution in [0.25, 0.3) is 0 Å². The van der Waals surface area contributed by atoms with E-state index in [1.54, 1.807) is 13.8 Å². The highest BCUT2D eigenvalue weighted by atomic mass is 35.5. The summed E-state index contributed by atoms with van der Waals surface area (Å²) in [5.41, 5.74) is -4.44. The molecule has 4 rings (SSSR count). The van der Waals surface area contributed by atoms with Crippen LogP contribution >= 0.6 is 23.2 Å². The van der Waals surface area contributed by atoms with Crippen molar-refractivity contribution in [2.45, 2.75) is 70.3 Å². The van der Waals surface area contributed by atoms with E-state index >= 15 is 0 Å². The zero-order valence-electron chi connectivity index (χ0n) is 21.2. The number of alkyl halides is 4. The lowest BCUT2D eigenvalue weighted by atomic mass is 9.74. The number of carbonyl (C=O) groups excluding carboxylic acids is 2. The van der Waals surface area contributed by atoms with Gasteiger partial charge in [0.1, 0.15) is 5.67 Å². The summed E-state index contributed by atoms with van der Waals surface area (Å²) in [4.78, 5) is 38.9. The number of aliphatic carboxylic acids is 1. The molecule has 39 heavy (non-hydrogen) atoms. The van der Waals surface area contributed by atoms with Crippen molar-refractivity contribution < 1.29 is 37.1 Å². The molecule has 0 radical (unpaired) electrons. The Morgan fingerprint density at radius 3 is 2.18 bits per heavy atom. The first-order valence-corrected chi connectivity index (χ1v) is 13.2. The van der Waals surface area contributed by atoms with Gasteiger partial charge in [-0.3, -0.25) is 19.1 Å². The van der Waals surface area contributed by atoms with Gasteiger partial charge in [-0.2, -0.15) is 18.3 Å². The van der Waals surface area contributed by atoms with Crippen molar-refractivity contribution in [3.8, 4) is 0 Å². The van der Waals surface area contributed by atoms with Crippen LogP contribution in [-0.4, -0.2) is 56.2 Å². The molecule has 0 aliphatic heterocycles. The van der Waals surface area contributed by atoms with Gasteiger partial charge >= 0.3 is 12.1 Å². The molecular formula is C26H27Cl2F4N3O4. The van der Waals surface area contributed by atoms with Crippen LogP contribution in [-0.2, 0) is 11.0 Å². The van der Waals surface area contributed by atoms with Crippen LogP contribution in [0.4, 0.5) is 17.6 Å². The molecule has 2 aliphatic carbocycles. The fraction of sp³-hybridized carbons (Fsp3) is 0.538. The minimum absolute atomic E-state index is 0.00763. The lowest BCUT2D eigenvalue weighted by Gasteiger charge is -2.34. The first-order chi connectivity index (χ1) is 18.0. The van der Waals surface area contributed by atoms with Crippen LogP contribution < -0.4 is 0 Å². The number of amides is 1. The molecule has 13 heteroatoms. The number of rotatable bonds is 8. The van der Waals surface area contributed by atoms with Crippen LogP contribution in [0.15, 0.2) is 18.3 Å². The van der Waals surface area contributed by atoms with Crippen LogP contribution in [0.2, 0.25) is 10.0 Å². The summed E-state index contributed by atoms with van der Waals surface area (Å²) in [6, 6.07) is 2.18. The fourth-order valence-corrected chi connectivity index (χ4v) is 5.81. The number of aromatic nitrogens is 2. The number of carbonyl (C=O) groups is 3. The van der Waals surface area contributed by atoms with Gasteiger partial charge in [0.25, 0.3) is 5.91 Å². The summed E-state index contributed by atoms with van der Waals surface area (Å²) in [6.07, 6.45) is -3.52. The van der Waals surface area contributed by atoms with Gasteiger partial charge in [-0.05, 0) is 70.1 Å². The molecule has 0 saturated heterocycles. The number of Topliss-reactive ketones (excluding diaryl/α,β-unsaturated/α-hetero) is 1. The highest BCUT2D eigenvalue weighted by Gasteiger charge is 2.48. The second-order valence-corrected chi connectivity index (χ2v) is 11.6. The summed E-state index contributed by atoms with van der Waals surface area (Å²) < 4.78 is 58.5. The van der Waals surface area contributed by atoms with E-state index < -0.39 is 65.3 Å². The van der Waals surface area contributed by atoms with E-state index in [1.807, 2.05) is 0 Å². The molecule has 1 aromatic heterocycles. The van der Waals surface area contributed by atoms with Gasteiger partial charge in [-0.15, -0.1) is 0 Å². The van der Waals surface area contributed by atoms with Crippen molar-refractivity contribution in [1.29, 1.82) is 0 Å². The number of hydrogen-bond donors (Lipinski definition) is 1. The van der Waals surface area contributed by atoms with Crippen LogP contribution in [0.5, 0.6) is 0 Å². The van der Waals surface area contributed by atoms with Gasteiger partial charge in [0, 0.05) is 0 Å². The predicted octanol–water partition coefficient (Wildman–Crippen LogP) is 6.55. The van der Waals surface area contributed by atoms with Crippen molar-refractivity contribution in [2.24, 2.45) is 5.41 Å². The zero-order valence-corrected chi connectivity index (χ0v) is 22.8. The van der Waals surface area contributed by atoms with Crippen molar-refractivity contribution in [3.05, 3.63) is 50.8 Å². The van der Waals surface area contributed by atoms with E-state index in [4.69, 9.17) is 23.2 Å². The number of nitrogens with zero attached hydrogens (tertiary/aromatic N) is 3. The molecule has 1 aromatic carbocycles. The number of ketones is 1. The number of carboxylic acid groups (broad SMARTS) is 1. The van der Waals surface area contributed by atoms with Crippen LogP contribution in [0, 0.1) is 12.3 Å². The number of carboxylic acids is 1. The average Bonchev–Trinajstić information content (AvgIpc) is 3.36. The van der Waals surface area contributed by atoms with E-state index in [9.17, 15) is 37.1 Å². The number of halogens is 6. The Balaban J connectivity index is 1.66. The SMILES string of the molecule is Cc1cc(Cl)c(C(=O)CN(CC2(F)CC2)C(=O)c2cnn(C3CCC(C)(C(=O)O)CC3)c2C(F)(F)F)c(Cl)c1. The second kappa shape index (κ2) is 10.4. The maximum absolute atomic E-state index is 14.8. The highest BCUT2D eigenvalue weighted by Crippen LogP contribution is 2.44. The molecule has 1 heterocycles. The smallest absolute Gasteiger partial charge is 0.433 e. The summed E-state index contributed by atoms with van der Waals surface area (Å²) >= 11 is 12.4. The Bertz CT molecular complexity index is 1290. The van der Waals surface area contributed by atoms with E-state index in [0.29, 0.717) is 10.2 Å². The maximum atomic E-state index is 14.8. The fourth-order valence-electron chi connectivity index (χ4n) is 5.00. The molecule has 1 amide bonds.